The van der Waals surface area contributed by atoms with Gasteiger partial charge in [-0.25, -0.2) is 0 Å². The monoisotopic (exact) mass is 352 g/mol. The summed E-state index contributed by atoms with van der Waals surface area (Å²) in [5, 5.41) is 8.60. The first-order valence-corrected chi connectivity index (χ1v) is 6.30. The standard InChI is InChI=1S/C10H4BrCl3N2O/c11-5-3-7(13)8(4-6(5)12)17-10-2-1-9(14)15-16-10/h1-4H. The van der Waals surface area contributed by atoms with Crippen LogP contribution in [0.4, 0.5) is 0 Å². The summed E-state index contributed by atoms with van der Waals surface area (Å²) in [5.41, 5.74) is 0. The minimum Gasteiger partial charge on any atom is -0.436 e. The predicted octanol–water partition coefficient (Wildman–Crippen LogP) is 4.99. The molecule has 0 aliphatic heterocycles. The van der Waals surface area contributed by atoms with Gasteiger partial charge >= 0.3 is 0 Å². The molecule has 2 rings (SSSR count). The maximum absolute atomic E-state index is 5.99. The highest BCUT2D eigenvalue weighted by atomic mass is 79.9. The summed E-state index contributed by atoms with van der Waals surface area (Å²) in [7, 11) is 0. The third-order valence-electron chi connectivity index (χ3n) is 1.80. The summed E-state index contributed by atoms with van der Waals surface area (Å²) in [6, 6.07) is 6.38. The third-order valence-corrected chi connectivity index (χ3v) is 3.49. The van der Waals surface area contributed by atoms with E-state index in [1.807, 2.05) is 0 Å². The Labute approximate surface area is 121 Å². The highest BCUT2D eigenvalue weighted by molar-refractivity contribution is 9.10. The van der Waals surface area contributed by atoms with Crippen LogP contribution in [0.25, 0.3) is 0 Å². The molecule has 0 aliphatic rings. The summed E-state index contributed by atoms with van der Waals surface area (Å²) in [4.78, 5) is 0. The van der Waals surface area contributed by atoms with Crippen molar-refractivity contribution in [3.05, 3.63) is 43.9 Å². The Morgan fingerprint density at radius 3 is 2.41 bits per heavy atom. The fourth-order valence-corrected chi connectivity index (χ4v) is 1.99. The second-order valence-electron chi connectivity index (χ2n) is 2.99. The summed E-state index contributed by atoms with van der Waals surface area (Å²) < 4.78 is 6.12. The van der Waals surface area contributed by atoms with Crippen LogP contribution in [0.3, 0.4) is 0 Å². The van der Waals surface area contributed by atoms with Gasteiger partial charge in [0.2, 0.25) is 5.88 Å². The van der Waals surface area contributed by atoms with Crippen LogP contribution in [0.5, 0.6) is 11.6 Å². The van der Waals surface area contributed by atoms with Crippen LogP contribution in [0.15, 0.2) is 28.7 Å². The van der Waals surface area contributed by atoms with E-state index >= 15 is 0 Å². The molecule has 0 saturated carbocycles. The molecule has 0 spiro atoms. The average molecular weight is 354 g/mol. The van der Waals surface area contributed by atoms with Gasteiger partial charge in [-0.1, -0.05) is 34.8 Å². The lowest BCUT2D eigenvalue weighted by Gasteiger charge is -2.07. The van der Waals surface area contributed by atoms with E-state index in [1.54, 1.807) is 24.3 Å². The zero-order chi connectivity index (χ0) is 12.4. The van der Waals surface area contributed by atoms with Gasteiger partial charge in [-0.05, 0) is 28.1 Å². The molecule has 1 heterocycles. The summed E-state index contributed by atoms with van der Waals surface area (Å²) in [5.74, 6) is 0.686. The lowest BCUT2D eigenvalue weighted by atomic mass is 10.3. The number of nitrogens with zero attached hydrogens (tertiary/aromatic N) is 2. The third kappa shape index (κ3) is 3.22. The van der Waals surface area contributed by atoms with Gasteiger partial charge in [-0.15, -0.1) is 10.2 Å². The Kier molecular flexibility index (Phi) is 4.09. The van der Waals surface area contributed by atoms with Crippen LogP contribution < -0.4 is 4.74 Å². The van der Waals surface area contributed by atoms with Gasteiger partial charge in [0.1, 0.15) is 5.75 Å². The molecular weight excluding hydrogens is 350 g/mol. The molecule has 0 radical (unpaired) electrons. The van der Waals surface area contributed by atoms with Crippen LogP contribution in [0.1, 0.15) is 0 Å². The number of benzene rings is 1. The van der Waals surface area contributed by atoms with Crippen molar-refractivity contribution in [2.75, 3.05) is 0 Å². The number of rotatable bonds is 2. The maximum atomic E-state index is 5.99. The first kappa shape index (κ1) is 12.9. The van der Waals surface area contributed by atoms with Gasteiger partial charge in [-0.2, -0.15) is 0 Å². The average Bonchev–Trinajstić information content (AvgIpc) is 2.29. The fraction of sp³-hybridized carbons (Fsp3) is 0. The van der Waals surface area contributed by atoms with E-state index in [2.05, 4.69) is 26.1 Å². The predicted molar refractivity (Wildman–Crippen MR) is 71.3 cm³/mol. The van der Waals surface area contributed by atoms with E-state index in [0.717, 1.165) is 0 Å². The lowest BCUT2D eigenvalue weighted by molar-refractivity contribution is 0.455. The molecule has 0 unspecified atom stereocenters. The van der Waals surface area contributed by atoms with Crippen molar-refractivity contribution >= 4 is 50.7 Å². The molecule has 3 nitrogen and oxygen atoms in total. The summed E-state index contributed by atoms with van der Waals surface area (Å²) in [6.07, 6.45) is 0. The Balaban J connectivity index is 2.30. The van der Waals surface area contributed by atoms with E-state index in [9.17, 15) is 0 Å². The van der Waals surface area contributed by atoms with Crippen molar-refractivity contribution in [2.45, 2.75) is 0 Å². The minimum absolute atomic E-state index is 0.287. The van der Waals surface area contributed by atoms with E-state index in [0.29, 0.717) is 20.3 Å². The second-order valence-corrected chi connectivity index (χ2v) is 5.05. The van der Waals surface area contributed by atoms with Crippen LogP contribution in [0, 0.1) is 0 Å². The van der Waals surface area contributed by atoms with Crippen molar-refractivity contribution in [2.24, 2.45) is 0 Å². The Morgan fingerprint density at radius 1 is 1.00 bits per heavy atom. The van der Waals surface area contributed by atoms with Gasteiger partial charge in [0.05, 0.1) is 10.0 Å². The normalized spacial score (nSPS) is 10.4. The van der Waals surface area contributed by atoms with Crippen LogP contribution in [0.2, 0.25) is 15.2 Å². The van der Waals surface area contributed by atoms with E-state index in [4.69, 9.17) is 39.5 Å². The zero-order valence-electron chi connectivity index (χ0n) is 8.12. The largest absolute Gasteiger partial charge is 0.436 e. The molecule has 0 saturated heterocycles. The first-order chi connectivity index (χ1) is 8.06. The zero-order valence-corrected chi connectivity index (χ0v) is 12.0. The van der Waals surface area contributed by atoms with Gasteiger partial charge in [0.15, 0.2) is 5.15 Å². The molecule has 17 heavy (non-hydrogen) atoms. The molecule has 0 fully saturated rings. The molecule has 2 aromatic rings. The molecule has 0 bridgehead atoms. The smallest absolute Gasteiger partial charge is 0.239 e. The molecule has 1 aromatic heterocycles. The van der Waals surface area contributed by atoms with Crippen molar-refractivity contribution in [3.8, 4) is 11.6 Å². The number of hydrogen-bond acceptors (Lipinski definition) is 3. The highest BCUT2D eigenvalue weighted by Gasteiger charge is 2.08. The van der Waals surface area contributed by atoms with E-state index in [-0.39, 0.29) is 11.0 Å². The second kappa shape index (κ2) is 5.40. The Hall–Kier alpha value is -0.550. The van der Waals surface area contributed by atoms with Crippen molar-refractivity contribution in [3.63, 3.8) is 0 Å². The van der Waals surface area contributed by atoms with Gasteiger partial charge < -0.3 is 4.74 Å². The van der Waals surface area contributed by atoms with Gasteiger partial charge in [0.25, 0.3) is 0 Å². The fourth-order valence-electron chi connectivity index (χ4n) is 1.05. The lowest BCUT2D eigenvalue weighted by Crippen LogP contribution is -1.91. The molecule has 88 valence electrons. The molecule has 7 heteroatoms. The van der Waals surface area contributed by atoms with E-state index < -0.39 is 0 Å². The first-order valence-electron chi connectivity index (χ1n) is 4.38. The number of ether oxygens (including phenoxy) is 1. The minimum atomic E-state index is 0.287. The molecule has 0 atom stereocenters. The molecule has 0 amide bonds. The quantitative estimate of drug-likeness (QED) is 0.713. The van der Waals surface area contributed by atoms with Crippen molar-refractivity contribution < 1.29 is 4.74 Å². The number of halogens is 4. The van der Waals surface area contributed by atoms with Crippen LogP contribution in [-0.2, 0) is 0 Å². The Bertz CT molecular complexity index is 548. The molecule has 0 N–H and O–H groups in total. The highest BCUT2D eigenvalue weighted by Crippen LogP contribution is 2.35. The van der Waals surface area contributed by atoms with Gasteiger partial charge in [-0.3, -0.25) is 0 Å². The molecule has 0 aliphatic carbocycles. The van der Waals surface area contributed by atoms with Crippen molar-refractivity contribution in [1.82, 2.24) is 10.2 Å². The van der Waals surface area contributed by atoms with Crippen molar-refractivity contribution in [1.29, 1.82) is 0 Å². The number of hydrogen-bond donors (Lipinski definition) is 0. The van der Waals surface area contributed by atoms with Gasteiger partial charge in [0, 0.05) is 16.6 Å². The Morgan fingerprint density at radius 2 is 1.76 bits per heavy atom. The summed E-state index contributed by atoms with van der Waals surface area (Å²) in [6.45, 7) is 0. The van der Waals surface area contributed by atoms with E-state index in [1.165, 1.54) is 0 Å². The maximum Gasteiger partial charge on any atom is 0.239 e. The van der Waals surface area contributed by atoms with Crippen LogP contribution >= 0.6 is 50.7 Å². The summed E-state index contributed by atoms with van der Waals surface area (Å²) >= 11 is 20.8. The number of aromatic nitrogens is 2. The molecular formula is C10H4BrCl3N2O. The van der Waals surface area contributed by atoms with Crippen LogP contribution in [-0.4, -0.2) is 10.2 Å². The topological polar surface area (TPSA) is 35.0 Å². The molecule has 1 aromatic carbocycles. The SMILES string of the molecule is Clc1ccc(Oc2cc(Cl)c(Br)cc2Cl)nn1.